The van der Waals surface area contributed by atoms with E-state index in [1.54, 1.807) is 0 Å². The number of thiophene rings is 1. The third-order valence-electron chi connectivity index (χ3n) is 12.0. The molecule has 3 nitrogen and oxygen atoms in total. The third-order valence-corrected chi connectivity index (χ3v) is 13.2. The molecule has 10 aromatic rings. The summed E-state index contributed by atoms with van der Waals surface area (Å²) in [6.45, 7) is 0. The Morgan fingerprint density at radius 3 is 2.03 bits per heavy atom. The van der Waals surface area contributed by atoms with Gasteiger partial charge in [0.05, 0.1) is 27.5 Å². The molecule has 0 saturated carbocycles. The van der Waals surface area contributed by atoms with Crippen LogP contribution in [0.15, 0.2) is 206 Å². The van der Waals surface area contributed by atoms with E-state index in [0.717, 1.165) is 17.1 Å². The maximum Gasteiger partial charge on any atom is 0.149 e. The van der Waals surface area contributed by atoms with Gasteiger partial charge in [0.2, 0.25) is 0 Å². The fourth-order valence-corrected chi connectivity index (χ4v) is 10.7. The molecule has 1 aliphatic carbocycles. The van der Waals surface area contributed by atoms with E-state index < -0.39 is 0 Å². The highest BCUT2D eigenvalue weighted by Crippen LogP contribution is 2.49. The van der Waals surface area contributed by atoms with E-state index >= 15 is 0 Å². The van der Waals surface area contributed by atoms with Gasteiger partial charge < -0.3 is 14.2 Å². The van der Waals surface area contributed by atoms with Gasteiger partial charge in [0.15, 0.2) is 0 Å². The van der Waals surface area contributed by atoms with Crippen LogP contribution in [0.4, 0.5) is 11.4 Å². The predicted octanol–water partition coefficient (Wildman–Crippen LogP) is 14.4. The summed E-state index contributed by atoms with van der Waals surface area (Å²) in [5.41, 5.74) is 13.1. The van der Waals surface area contributed by atoms with Crippen LogP contribution >= 0.6 is 11.3 Å². The number of rotatable bonds is 6. The number of para-hydroxylation sites is 3. The average molecular weight is 761 g/mol. The minimum atomic E-state index is -0.158. The first-order chi connectivity index (χ1) is 28.8. The maximum atomic E-state index is 6.84. The Hall–Kier alpha value is -7.14. The summed E-state index contributed by atoms with van der Waals surface area (Å²) in [6.07, 6.45) is 6.59. The average Bonchev–Trinajstić information content (AvgIpc) is 3.98. The molecule has 2 atom stereocenters. The highest BCUT2D eigenvalue weighted by Gasteiger charge is 2.39. The predicted molar refractivity (Wildman–Crippen MR) is 245 cm³/mol. The van der Waals surface area contributed by atoms with Gasteiger partial charge in [-0.2, -0.15) is 0 Å². The van der Waals surface area contributed by atoms with Gasteiger partial charge >= 0.3 is 0 Å². The van der Waals surface area contributed by atoms with Crippen molar-refractivity contribution in [1.82, 2.24) is 4.57 Å². The smallest absolute Gasteiger partial charge is 0.149 e. The normalized spacial score (nSPS) is 15.8. The van der Waals surface area contributed by atoms with Crippen molar-refractivity contribution in [3.63, 3.8) is 0 Å². The molecular weight excluding hydrogens is 725 g/mol. The Kier molecular flexibility index (Phi) is 7.54. The van der Waals surface area contributed by atoms with E-state index in [0.29, 0.717) is 0 Å². The summed E-state index contributed by atoms with van der Waals surface area (Å²) in [7, 11) is 0. The van der Waals surface area contributed by atoms with Gasteiger partial charge in [-0.15, -0.1) is 11.3 Å². The van der Waals surface area contributed by atoms with Gasteiger partial charge in [-0.3, -0.25) is 0 Å². The Morgan fingerprint density at radius 2 is 1.17 bits per heavy atom. The van der Waals surface area contributed by atoms with E-state index in [4.69, 9.17) is 4.74 Å². The minimum Gasteiger partial charge on any atom is -0.483 e. The van der Waals surface area contributed by atoms with Crippen molar-refractivity contribution in [2.75, 3.05) is 4.90 Å². The Labute approximate surface area is 340 Å². The molecule has 2 aromatic heterocycles. The van der Waals surface area contributed by atoms with Crippen molar-refractivity contribution in [1.29, 1.82) is 0 Å². The second-order valence-electron chi connectivity index (χ2n) is 15.2. The Morgan fingerprint density at radius 1 is 0.500 bits per heavy atom. The fraction of sp³-hybridized carbons (Fsp3) is 0.0370. The van der Waals surface area contributed by atoms with Crippen LogP contribution in [-0.4, -0.2) is 16.7 Å². The van der Waals surface area contributed by atoms with E-state index in [2.05, 4.69) is 216 Å². The van der Waals surface area contributed by atoms with Gasteiger partial charge in [-0.1, -0.05) is 158 Å². The molecule has 3 heterocycles. The molecule has 0 radical (unpaired) electrons. The van der Waals surface area contributed by atoms with Crippen molar-refractivity contribution >= 4 is 70.3 Å². The van der Waals surface area contributed by atoms with Gasteiger partial charge in [0.1, 0.15) is 11.9 Å². The summed E-state index contributed by atoms with van der Waals surface area (Å²) >= 11 is 1.89. The molecule has 274 valence electrons. The van der Waals surface area contributed by atoms with Crippen molar-refractivity contribution in [2.45, 2.75) is 12.1 Å². The molecule has 1 aliphatic heterocycles. The number of aromatic nitrogens is 1. The molecule has 0 fully saturated rings. The zero-order valence-corrected chi connectivity index (χ0v) is 32.3. The minimum absolute atomic E-state index is 0.0828. The summed E-state index contributed by atoms with van der Waals surface area (Å²) in [6, 6.07) is 68.1. The first kappa shape index (κ1) is 33.0. The van der Waals surface area contributed by atoms with Crippen molar-refractivity contribution < 1.29 is 4.74 Å². The van der Waals surface area contributed by atoms with Crippen LogP contribution in [0.5, 0.6) is 5.75 Å². The van der Waals surface area contributed by atoms with Crippen molar-refractivity contribution in [3.05, 3.63) is 212 Å². The molecule has 0 saturated heterocycles. The molecule has 2 unspecified atom stereocenters. The summed E-state index contributed by atoms with van der Waals surface area (Å²) < 4.78 is 11.8. The van der Waals surface area contributed by atoms with E-state index in [1.807, 2.05) is 11.3 Å². The lowest BCUT2D eigenvalue weighted by molar-refractivity contribution is 0.258. The van der Waals surface area contributed by atoms with Crippen LogP contribution in [0, 0.1) is 0 Å². The summed E-state index contributed by atoms with van der Waals surface area (Å²) in [5, 5.41) is 5.06. The molecule has 0 N–H and O–H groups in total. The number of ether oxygens (including phenoxy) is 1. The van der Waals surface area contributed by atoms with Crippen molar-refractivity contribution in [3.8, 4) is 33.7 Å². The lowest BCUT2D eigenvalue weighted by Crippen LogP contribution is -2.42. The number of fused-ring (bicyclic) bond motifs is 9. The van der Waals surface area contributed by atoms with Crippen LogP contribution in [0.2, 0.25) is 0 Å². The molecule has 0 spiro atoms. The largest absolute Gasteiger partial charge is 0.483 e. The van der Waals surface area contributed by atoms with Crippen LogP contribution < -0.4 is 9.64 Å². The number of hydrogen-bond donors (Lipinski definition) is 0. The monoisotopic (exact) mass is 760 g/mol. The summed E-state index contributed by atoms with van der Waals surface area (Å²) in [5.74, 6) is 0.943. The fourth-order valence-electron chi connectivity index (χ4n) is 9.33. The number of nitrogens with zero attached hydrogens (tertiary/aromatic N) is 2. The molecule has 0 bridgehead atoms. The molecular formula is C54H36N2OS. The van der Waals surface area contributed by atoms with Crippen molar-refractivity contribution in [2.24, 2.45) is 0 Å². The second kappa shape index (κ2) is 13.2. The molecule has 12 rings (SSSR count). The number of allylic oxidation sites excluding steroid dienone is 2. The first-order valence-corrected chi connectivity index (χ1v) is 20.7. The van der Waals surface area contributed by atoms with Gasteiger partial charge in [-0.05, 0) is 70.8 Å². The highest BCUT2D eigenvalue weighted by atomic mass is 32.1. The van der Waals surface area contributed by atoms with Gasteiger partial charge in [-0.25, -0.2) is 0 Å². The van der Waals surface area contributed by atoms with Gasteiger partial charge in [0, 0.05) is 48.8 Å². The van der Waals surface area contributed by atoms with E-state index in [9.17, 15) is 0 Å². The zero-order valence-electron chi connectivity index (χ0n) is 31.5. The van der Waals surface area contributed by atoms with Gasteiger partial charge in [0.25, 0.3) is 0 Å². The highest BCUT2D eigenvalue weighted by molar-refractivity contribution is 7.27. The molecule has 0 amide bonds. The summed E-state index contributed by atoms with van der Waals surface area (Å²) in [4.78, 5) is 2.51. The quantitative estimate of drug-likeness (QED) is 0.168. The molecule has 58 heavy (non-hydrogen) atoms. The SMILES string of the molecule is C1=CC(N(c2ccc(-c3ccc4c5ccccc5n(-c5ccccc5)c4c3)cc2)c2cccc3c2sc2c(-c4ccccc4)cccc23)C2Oc3ccccc3C2=C1. The van der Waals surface area contributed by atoms with Crippen LogP contribution in [0.1, 0.15) is 5.56 Å². The van der Waals surface area contributed by atoms with Crippen LogP contribution in [-0.2, 0) is 0 Å². The van der Waals surface area contributed by atoms with Crippen LogP contribution in [0.25, 0.3) is 75.5 Å². The first-order valence-electron chi connectivity index (χ1n) is 19.9. The number of benzene rings is 8. The standard InChI is InChI=1S/C54H36N2OS/c1-3-14-36(15-4-1)40-20-11-22-45-46-23-13-26-49(54(46)58-53(40)45)56(48-25-12-21-44-43-19-8-10-27-51(43)57-52(44)48)39-31-28-35(29-32-39)37-30-33-42-41-18-7-9-24-47(41)55(50(42)34-37)38-16-5-2-6-17-38/h1-34,48,52H. The Balaban J connectivity index is 1.01. The second-order valence-corrected chi connectivity index (χ2v) is 16.2. The van der Waals surface area contributed by atoms with E-state index in [1.165, 1.54) is 81.1 Å². The lowest BCUT2D eigenvalue weighted by Gasteiger charge is -2.37. The van der Waals surface area contributed by atoms with E-state index in [-0.39, 0.29) is 12.1 Å². The number of hydrogen-bond acceptors (Lipinski definition) is 3. The molecule has 8 aromatic carbocycles. The lowest BCUT2D eigenvalue weighted by atomic mass is 9.91. The number of anilines is 2. The Bertz CT molecular complexity index is 3260. The van der Waals surface area contributed by atoms with Crippen LogP contribution in [0.3, 0.4) is 0 Å². The maximum absolute atomic E-state index is 6.84. The molecule has 4 heteroatoms. The topological polar surface area (TPSA) is 17.4 Å². The third kappa shape index (κ3) is 5.12. The molecule has 2 aliphatic rings. The zero-order chi connectivity index (χ0) is 38.2.